The van der Waals surface area contributed by atoms with Gasteiger partial charge in [0.15, 0.2) is 0 Å². The van der Waals surface area contributed by atoms with Crippen molar-refractivity contribution in [2.75, 3.05) is 6.61 Å². The summed E-state index contributed by atoms with van der Waals surface area (Å²) in [5.74, 6) is 0.221. The molecular formula is C19H32OS. The van der Waals surface area contributed by atoms with Gasteiger partial charge in [0.05, 0.1) is 6.61 Å². The number of unbranched alkanes of at least 4 members (excludes halogenated alkanes) is 4. The van der Waals surface area contributed by atoms with Gasteiger partial charge >= 0.3 is 0 Å². The Labute approximate surface area is 136 Å². The lowest BCUT2D eigenvalue weighted by Crippen LogP contribution is -2.05. The largest absolute Gasteiger partial charge is 0.396 e. The summed E-state index contributed by atoms with van der Waals surface area (Å²) in [5.41, 5.74) is 0. The maximum Gasteiger partial charge on any atom is 0.0502 e. The van der Waals surface area contributed by atoms with Crippen molar-refractivity contribution < 1.29 is 5.11 Å². The van der Waals surface area contributed by atoms with Crippen molar-refractivity contribution in [2.45, 2.75) is 64.7 Å². The SMILES string of the molecule is CC/C=C\C/C=C\C/C=C\CCCCCCC(C=S)CO. The highest BCUT2D eigenvalue weighted by Gasteiger charge is 2.01. The van der Waals surface area contributed by atoms with E-state index in [9.17, 15) is 0 Å². The number of hydrogen-bond donors (Lipinski definition) is 1. The van der Waals surface area contributed by atoms with Gasteiger partial charge in [-0.25, -0.2) is 0 Å². The lowest BCUT2D eigenvalue weighted by molar-refractivity contribution is 0.256. The molecule has 0 aromatic heterocycles. The maximum atomic E-state index is 9.01. The number of aliphatic hydroxyl groups is 1. The number of allylic oxidation sites excluding steroid dienone is 6. The minimum Gasteiger partial charge on any atom is -0.396 e. The molecule has 0 rings (SSSR count). The van der Waals surface area contributed by atoms with Gasteiger partial charge in [-0.15, -0.1) is 0 Å². The zero-order valence-corrected chi connectivity index (χ0v) is 14.4. The molecule has 0 saturated heterocycles. The van der Waals surface area contributed by atoms with Gasteiger partial charge in [0, 0.05) is 5.92 Å². The van der Waals surface area contributed by atoms with E-state index < -0.39 is 0 Å². The van der Waals surface area contributed by atoms with Gasteiger partial charge < -0.3 is 5.11 Å². The van der Waals surface area contributed by atoms with E-state index in [0.29, 0.717) is 0 Å². The van der Waals surface area contributed by atoms with Crippen LogP contribution in [0.15, 0.2) is 36.5 Å². The summed E-state index contributed by atoms with van der Waals surface area (Å²) in [6, 6.07) is 0. The van der Waals surface area contributed by atoms with E-state index >= 15 is 0 Å². The Morgan fingerprint density at radius 3 is 2.10 bits per heavy atom. The third-order valence-corrected chi connectivity index (χ3v) is 3.79. The molecule has 0 aliphatic heterocycles. The van der Waals surface area contributed by atoms with Crippen LogP contribution >= 0.6 is 12.2 Å². The molecule has 1 unspecified atom stereocenters. The fourth-order valence-corrected chi connectivity index (χ4v) is 2.27. The van der Waals surface area contributed by atoms with Crippen LogP contribution < -0.4 is 0 Å². The first kappa shape index (κ1) is 20.3. The van der Waals surface area contributed by atoms with E-state index in [1.807, 2.05) is 0 Å². The van der Waals surface area contributed by atoms with Crippen LogP contribution in [0, 0.1) is 5.92 Å². The zero-order valence-electron chi connectivity index (χ0n) is 13.5. The predicted molar refractivity (Wildman–Crippen MR) is 98.9 cm³/mol. The number of thiocarbonyl (C=S) groups is 1. The summed E-state index contributed by atoms with van der Waals surface area (Å²) in [4.78, 5) is 0. The highest BCUT2D eigenvalue weighted by atomic mass is 32.1. The van der Waals surface area contributed by atoms with Crippen molar-refractivity contribution in [3.05, 3.63) is 36.5 Å². The highest BCUT2D eigenvalue weighted by molar-refractivity contribution is 7.79. The highest BCUT2D eigenvalue weighted by Crippen LogP contribution is 2.10. The normalized spacial score (nSPS) is 13.6. The van der Waals surface area contributed by atoms with Crippen LogP contribution in [0.3, 0.4) is 0 Å². The minimum absolute atomic E-state index is 0.202. The minimum atomic E-state index is 0.202. The maximum absolute atomic E-state index is 9.01. The molecule has 0 aromatic carbocycles. The molecule has 21 heavy (non-hydrogen) atoms. The van der Waals surface area contributed by atoms with Crippen LogP contribution in [0.4, 0.5) is 0 Å². The van der Waals surface area contributed by atoms with Crippen molar-refractivity contribution in [1.82, 2.24) is 0 Å². The molecule has 1 atom stereocenters. The second-order valence-electron chi connectivity index (χ2n) is 5.36. The topological polar surface area (TPSA) is 20.2 Å². The Morgan fingerprint density at radius 2 is 1.48 bits per heavy atom. The van der Waals surface area contributed by atoms with Crippen LogP contribution in [0.2, 0.25) is 0 Å². The van der Waals surface area contributed by atoms with Crippen LogP contribution in [0.1, 0.15) is 64.7 Å². The molecular weight excluding hydrogens is 276 g/mol. The van der Waals surface area contributed by atoms with Gasteiger partial charge in [0.2, 0.25) is 0 Å². The summed E-state index contributed by atoms with van der Waals surface area (Å²) in [6.45, 7) is 2.36. The van der Waals surface area contributed by atoms with Gasteiger partial charge in [0.25, 0.3) is 0 Å². The molecule has 1 nitrogen and oxygen atoms in total. The van der Waals surface area contributed by atoms with E-state index in [1.165, 1.54) is 32.1 Å². The van der Waals surface area contributed by atoms with Crippen LogP contribution in [-0.2, 0) is 0 Å². The second kappa shape index (κ2) is 17.3. The smallest absolute Gasteiger partial charge is 0.0502 e. The molecule has 0 heterocycles. The van der Waals surface area contributed by atoms with E-state index in [0.717, 1.165) is 25.7 Å². The van der Waals surface area contributed by atoms with Crippen molar-refractivity contribution in [3.8, 4) is 0 Å². The Kier molecular flexibility index (Phi) is 16.7. The lowest BCUT2D eigenvalue weighted by Gasteiger charge is -2.06. The summed E-state index contributed by atoms with van der Waals surface area (Å²) >= 11 is 4.87. The van der Waals surface area contributed by atoms with E-state index in [1.54, 1.807) is 5.37 Å². The summed E-state index contributed by atoms with van der Waals surface area (Å²) in [6.07, 6.45) is 23.8. The van der Waals surface area contributed by atoms with Gasteiger partial charge in [0.1, 0.15) is 0 Å². The van der Waals surface area contributed by atoms with Crippen molar-refractivity contribution in [1.29, 1.82) is 0 Å². The van der Waals surface area contributed by atoms with E-state index in [4.69, 9.17) is 17.3 Å². The molecule has 0 fully saturated rings. The van der Waals surface area contributed by atoms with Crippen LogP contribution in [-0.4, -0.2) is 17.1 Å². The van der Waals surface area contributed by atoms with Gasteiger partial charge in [-0.05, 0) is 43.9 Å². The summed E-state index contributed by atoms with van der Waals surface area (Å²) in [7, 11) is 0. The van der Waals surface area contributed by atoms with Gasteiger partial charge in [-0.2, -0.15) is 0 Å². The second-order valence-corrected chi connectivity index (χ2v) is 5.64. The molecule has 2 heteroatoms. The Hall–Kier alpha value is -0.730. The third kappa shape index (κ3) is 15.5. The molecule has 0 aliphatic rings. The number of aliphatic hydroxyl groups excluding tert-OH is 1. The monoisotopic (exact) mass is 308 g/mol. The molecule has 0 bridgehead atoms. The quantitative estimate of drug-likeness (QED) is 0.249. The Bertz CT molecular complexity index is 305. The standard InChI is InChI=1S/C19H32OS/c1-2-3-4-5-6-7-8-9-10-11-12-13-14-15-16-19(17-20)18-21/h3-4,6-7,9-10,18-20H,2,5,8,11-17H2,1H3/b4-3-,7-6-,10-9-. The molecule has 0 amide bonds. The average molecular weight is 309 g/mol. The van der Waals surface area contributed by atoms with Crippen molar-refractivity contribution >= 4 is 17.6 Å². The summed E-state index contributed by atoms with van der Waals surface area (Å²) < 4.78 is 0. The first-order valence-electron chi connectivity index (χ1n) is 8.36. The molecule has 0 aromatic rings. The molecule has 0 saturated carbocycles. The third-order valence-electron chi connectivity index (χ3n) is 3.40. The van der Waals surface area contributed by atoms with Gasteiger partial charge in [-0.1, -0.05) is 74.9 Å². The van der Waals surface area contributed by atoms with Crippen LogP contribution in [0.5, 0.6) is 0 Å². The first-order valence-corrected chi connectivity index (χ1v) is 8.83. The number of rotatable bonds is 14. The van der Waals surface area contributed by atoms with E-state index in [2.05, 4.69) is 43.4 Å². The van der Waals surface area contributed by atoms with E-state index in [-0.39, 0.29) is 12.5 Å². The molecule has 0 radical (unpaired) electrons. The fourth-order valence-electron chi connectivity index (χ4n) is 2.05. The summed E-state index contributed by atoms with van der Waals surface area (Å²) in [5, 5.41) is 10.7. The predicted octanol–water partition coefficient (Wildman–Crippen LogP) is 5.79. The van der Waals surface area contributed by atoms with Crippen molar-refractivity contribution in [2.24, 2.45) is 5.92 Å². The van der Waals surface area contributed by atoms with Crippen molar-refractivity contribution in [3.63, 3.8) is 0 Å². The number of hydrogen-bond acceptors (Lipinski definition) is 2. The van der Waals surface area contributed by atoms with Crippen LogP contribution in [0.25, 0.3) is 0 Å². The molecule has 0 aliphatic carbocycles. The lowest BCUT2D eigenvalue weighted by atomic mass is 10.0. The Morgan fingerprint density at radius 1 is 0.857 bits per heavy atom. The molecule has 1 N–H and O–H groups in total. The van der Waals surface area contributed by atoms with Gasteiger partial charge in [-0.3, -0.25) is 0 Å². The fraction of sp³-hybridized carbons (Fsp3) is 0.632. The zero-order chi connectivity index (χ0) is 15.6. The molecule has 120 valence electrons. The molecule has 0 spiro atoms. The average Bonchev–Trinajstić information content (AvgIpc) is 2.51. The first-order chi connectivity index (χ1) is 10.3. The Balaban J connectivity index is 3.32.